The van der Waals surface area contributed by atoms with Gasteiger partial charge in [0.15, 0.2) is 17.3 Å². The van der Waals surface area contributed by atoms with Crippen LogP contribution in [0.25, 0.3) is 6.08 Å². The zero-order valence-electron chi connectivity index (χ0n) is 14.5. The number of carbonyl (C=O) groups is 3. The van der Waals surface area contributed by atoms with Gasteiger partial charge >= 0.3 is 0 Å². The number of thioether (sulfide) groups is 1. The molecule has 0 spiro atoms. The molecule has 0 saturated carbocycles. The number of hydrogen-bond acceptors (Lipinski definition) is 4. The molecule has 0 bridgehead atoms. The molecule has 0 heterocycles. The third-order valence-electron chi connectivity index (χ3n) is 3.65. The molecule has 0 aromatic heterocycles. The summed E-state index contributed by atoms with van der Waals surface area (Å²) in [5.41, 5.74) is 2.18. The standard InChI is InChI=1S/C21H20O3S/c1-4-25-20-8-6-17(7-9-20)21(24)10-5-16-11-18(14(2)22)13-19(12-16)15(3)23/h5-13H,4H2,1-3H3/b10-5+. The van der Waals surface area contributed by atoms with Crippen molar-refractivity contribution in [2.24, 2.45) is 0 Å². The summed E-state index contributed by atoms with van der Waals surface area (Å²) in [6, 6.07) is 12.4. The van der Waals surface area contributed by atoms with Crippen molar-refractivity contribution in [1.29, 1.82) is 0 Å². The SMILES string of the molecule is CCSc1ccc(C(=O)/C=C/c2cc(C(C)=O)cc(C(C)=O)c2)cc1. The summed E-state index contributed by atoms with van der Waals surface area (Å²) >= 11 is 1.72. The van der Waals surface area contributed by atoms with Crippen LogP contribution in [0.15, 0.2) is 53.4 Å². The molecule has 0 unspecified atom stereocenters. The van der Waals surface area contributed by atoms with Gasteiger partial charge in [-0.2, -0.15) is 0 Å². The van der Waals surface area contributed by atoms with E-state index in [0.29, 0.717) is 22.3 Å². The molecule has 0 aliphatic rings. The molecule has 4 heteroatoms. The molecule has 0 atom stereocenters. The molecular formula is C21H20O3S. The third kappa shape index (κ3) is 5.26. The maximum absolute atomic E-state index is 12.3. The van der Waals surface area contributed by atoms with Crippen LogP contribution in [-0.4, -0.2) is 23.1 Å². The van der Waals surface area contributed by atoms with Crippen molar-refractivity contribution in [2.75, 3.05) is 5.75 Å². The smallest absolute Gasteiger partial charge is 0.185 e. The van der Waals surface area contributed by atoms with Gasteiger partial charge < -0.3 is 0 Å². The van der Waals surface area contributed by atoms with Gasteiger partial charge in [-0.25, -0.2) is 0 Å². The lowest BCUT2D eigenvalue weighted by Gasteiger charge is -2.03. The van der Waals surface area contributed by atoms with Crippen LogP contribution in [0.3, 0.4) is 0 Å². The van der Waals surface area contributed by atoms with E-state index < -0.39 is 0 Å². The molecule has 2 rings (SSSR count). The van der Waals surface area contributed by atoms with Crippen LogP contribution in [0.1, 0.15) is 57.4 Å². The topological polar surface area (TPSA) is 51.2 Å². The third-order valence-corrected chi connectivity index (χ3v) is 4.54. The maximum atomic E-state index is 12.3. The monoisotopic (exact) mass is 352 g/mol. The van der Waals surface area contributed by atoms with Crippen molar-refractivity contribution >= 4 is 35.2 Å². The Labute approximate surface area is 152 Å². The number of rotatable bonds is 7. The van der Waals surface area contributed by atoms with Crippen molar-refractivity contribution in [3.05, 3.63) is 70.8 Å². The average Bonchev–Trinajstić information content (AvgIpc) is 2.60. The Balaban J connectivity index is 2.24. The van der Waals surface area contributed by atoms with E-state index in [1.54, 1.807) is 48.2 Å². The number of allylic oxidation sites excluding steroid dienone is 1. The van der Waals surface area contributed by atoms with Crippen LogP contribution >= 0.6 is 11.8 Å². The van der Waals surface area contributed by atoms with Crippen LogP contribution in [-0.2, 0) is 0 Å². The minimum Gasteiger partial charge on any atom is -0.295 e. The minimum atomic E-state index is -0.120. The summed E-state index contributed by atoms with van der Waals surface area (Å²) in [5, 5.41) is 0. The van der Waals surface area contributed by atoms with Crippen LogP contribution in [0.2, 0.25) is 0 Å². The Morgan fingerprint density at radius 3 is 1.92 bits per heavy atom. The second-order valence-corrected chi connectivity index (χ2v) is 6.95. The van der Waals surface area contributed by atoms with Gasteiger partial charge in [0.2, 0.25) is 0 Å². The van der Waals surface area contributed by atoms with E-state index in [1.165, 1.54) is 19.9 Å². The van der Waals surface area contributed by atoms with Crippen LogP contribution < -0.4 is 0 Å². The quantitative estimate of drug-likeness (QED) is 0.395. The number of Topliss-reactive ketones (excluding diaryl/α,β-unsaturated/α-hetero) is 2. The fourth-order valence-corrected chi connectivity index (χ4v) is 2.97. The van der Waals surface area contributed by atoms with Gasteiger partial charge in [0.25, 0.3) is 0 Å². The fourth-order valence-electron chi connectivity index (χ4n) is 2.30. The first-order valence-corrected chi connectivity index (χ1v) is 9.01. The van der Waals surface area contributed by atoms with Crippen LogP contribution in [0.5, 0.6) is 0 Å². The molecule has 2 aromatic carbocycles. The fraction of sp³-hybridized carbons (Fsp3) is 0.190. The summed E-state index contributed by atoms with van der Waals surface area (Å²) in [6.07, 6.45) is 3.10. The first-order valence-electron chi connectivity index (χ1n) is 8.03. The van der Waals surface area contributed by atoms with Crippen LogP contribution in [0, 0.1) is 0 Å². The predicted molar refractivity (Wildman–Crippen MR) is 103 cm³/mol. The average molecular weight is 352 g/mol. The van der Waals surface area contributed by atoms with Gasteiger partial charge in [-0.1, -0.05) is 13.0 Å². The summed E-state index contributed by atoms with van der Waals surface area (Å²) in [5.74, 6) is 0.630. The molecule has 0 N–H and O–H groups in total. The molecule has 25 heavy (non-hydrogen) atoms. The Morgan fingerprint density at radius 2 is 1.44 bits per heavy atom. The number of benzene rings is 2. The van der Waals surface area contributed by atoms with Gasteiger partial charge in [-0.15, -0.1) is 11.8 Å². The highest BCUT2D eigenvalue weighted by Crippen LogP contribution is 2.18. The van der Waals surface area contributed by atoms with Gasteiger partial charge in [0.1, 0.15) is 0 Å². The molecule has 2 aromatic rings. The van der Waals surface area contributed by atoms with Crippen molar-refractivity contribution in [3.63, 3.8) is 0 Å². The zero-order chi connectivity index (χ0) is 18.4. The summed E-state index contributed by atoms with van der Waals surface area (Å²) < 4.78 is 0. The minimum absolute atomic E-state index is 0.118. The van der Waals surface area contributed by atoms with E-state index >= 15 is 0 Å². The summed E-state index contributed by atoms with van der Waals surface area (Å²) in [6.45, 7) is 4.98. The lowest BCUT2D eigenvalue weighted by atomic mass is 10.0. The van der Waals surface area contributed by atoms with Crippen molar-refractivity contribution in [1.82, 2.24) is 0 Å². The highest BCUT2D eigenvalue weighted by atomic mass is 32.2. The Hall–Kier alpha value is -2.46. The Morgan fingerprint density at radius 1 is 0.880 bits per heavy atom. The van der Waals surface area contributed by atoms with Crippen molar-refractivity contribution in [3.8, 4) is 0 Å². The van der Waals surface area contributed by atoms with Gasteiger partial charge in [-0.3, -0.25) is 14.4 Å². The molecule has 0 fully saturated rings. The Kier molecular flexibility index (Phi) is 6.48. The summed E-state index contributed by atoms with van der Waals surface area (Å²) in [4.78, 5) is 36.7. The van der Waals surface area contributed by atoms with Gasteiger partial charge in [0, 0.05) is 21.6 Å². The number of ketones is 3. The van der Waals surface area contributed by atoms with Gasteiger partial charge in [0.05, 0.1) is 0 Å². The molecule has 0 saturated heterocycles. The molecular weight excluding hydrogens is 332 g/mol. The molecule has 3 nitrogen and oxygen atoms in total. The zero-order valence-corrected chi connectivity index (χ0v) is 15.4. The number of carbonyl (C=O) groups excluding carboxylic acids is 3. The van der Waals surface area contributed by atoms with E-state index in [0.717, 1.165) is 10.6 Å². The molecule has 0 amide bonds. The molecule has 0 radical (unpaired) electrons. The molecule has 128 valence electrons. The predicted octanol–water partition coefficient (Wildman–Crippen LogP) is 5.10. The Bertz CT molecular complexity index is 800. The second kappa shape index (κ2) is 8.58. The first-order chi connectivity index (χ1) is 11.9. The van der Waals surface area contributed by atoms with E-state index in [2.05, 4.69) is 6.92 Å². The molecule has 0 aliphatic carbocycles. The highest BCUT2D eigenvalue weighted by molar-refractivity contribution is 7.99. The lowest BCUT2D eigenvalue weighted by molar-refractivity contribution is 0.101. The first kappa shape index (κ1) is 18.9. The largest absolute Gasteiger partial charge is 0.295 e. The van der Waals surface area contributed by atoms with Crippen molar-refractivity contribution < 1.29 is 14.4 Å². The van der Waals surface area contributed by atoms with Crippen molar-refractivity contribution in [2.45, 2.75) is 25.7 Å². The second-order valence-electron chi connectivity index (χ2n) is 5.61. The normalized spacial score (nSPS) is 10.8. The summed E-state index contributed by atoms with van der Waals surface area (Å²) in [7, 11) is 0. The van der Waals surface area contributed by atoms with E-state index in [4.69, 9.17) is 0 Å². The lowest BCUT2D eigenvalue weighted by Crippen LogP contribution is -1.99. The van der Waals surface area contributed by atoms with Gasteiger partial charge in [-0.05, 0) is 73.7 Å². The van der Waals surface area contributed by atoms with E-state index in [-0.39, 0.29) is 17.3 Å². The molecule has 0 aliphatic heterocycles. The number of hydrogen-bond donors (Lipinski definition) is 0. The maximum Gasteiger partial charge on any atom is 0.185 e. The van der Waals surface area contributed by atoms with E-state index in [1.807, 2.05) is 12.1 Å². The van der Waals surface area contributed by atoms with Crippen LogP contribution in [0.4, 0.5) is 0 Å². The van der Waals surface area contributed by atoms with E-state index in [9.17, 15) is 14.4 Å². The highest BCUT2D eigenvalue weighted by Gasteiger charge is 2.07.